The van der Waals surface area contributed by atoms with Crippen LogP contribution in [0.3, 0.4) is 0 Å². The van der Waals surface area contributed by atoms with Crippen LogP contribution in [0.2, 0.25) is 51.4 Å². The Morgan fingerprint density at radius 1 is 0.690 bits per heavy atom. The zero-order valence-corrected chi connectivity index (χ0v) is 44.9. The molecule has 19 heteroatoms. The van der Waals surface area contributed by atoms with Gasteiger partial charge >= 0.3 is 0 Å². The molecule has 0 unspecified atom stereocenters. The molecule has 390 valence electrons. The van der Waals surface area contributed by atoms with Crippen LogP contribution in [0.25, 0.3) is 0 Å². The van der Waals surface area contributed by atoms with Crippen molar-refractivity contribution in [3.8, 4) is 0 Å². The molecule has 0 bridgehead atoms. The van der Waals surface area contributed by atoms with Crippen molar-refractivity contribution in [2.45, 2.75) is 127 Å². The van der Waals surface area contributed by atoms with E-state index in [0.29, 0.717) is 114 Å². The van der Waals surface area contributed by atoms with Crippen molar-refractivity contribution >= 4 is 34.1 Å². The molecule has 15 nitrogen and oxygen atoms in total. The van der Waals surface area contributed by atoms with E-state index < -0.39 is 16.1 Å². The molecule has 2 aromatic carbocycles. The average molecular weight is 1020 g/mol. The van der Waals surface area contributed by atoms with Gasteiger partial charge in [-0.05, 0) is 86.1 Å². The van der Waals surface area contributed by atoms with Gasteiger partial charge in [0.15, 0.2) is 11.6 Å². The van der Waals surface area contributed by atoms with Gasteiger partial charge in [-0.25, -0.2) is 18.7 Å². The highest BCUT2D eigenvalue weighted by Gasteiger charge is 2.37. The fourth-order valence-electron chi connectivity index (χ4n) is 8.21. The largest absolute Gasteiger partial charge is 0.378 e. The summed E-state index contributed by atoms with van der Waals surface area (Å²) in [5.74, 6) is 1.52. The minimum absolute atomic E-state index is 0.0955. The van der Waals surface area contributed by atoms with Gasteiger partial charge in [0.05, 0.1) is 37.8 Å². The molecule has 8 rings (SSSR count). The Kier molecular flexibility index (Phi) is 21.2. The molecule has 2 saturated carbocycles. The maximum absolute atomic E-state index is 13.2. The second-order valence-corrected chi connectivity index (χ2v) is 32.6. The highest BCUT2D eigenvalue weighted by atomic mass is 28.3. The first-order valence-corrected chi connectivity index (χ1v) is 32.8. The summed E-state index contributed by atoms with van der Waals surface area (Å²) in [6.45, 7) is 21.6. The predicted molar refractivity (Wildman–Crippen MR) is 281 cm³/mol. The normalized spacial score (nSPS) is 19.8. The molecular weight excluding hydrogens is 943 g/mol. The Hall–Kier alpha value is -4.48. The number of nitrogens with two attached hydrogens (primary N) is 1. The zero-order valence-electron chi connectivity index (χ0n) is 42.9. The van der Waals surface area contributed by atoms with Crippen molar-refractivity contribution in [2.75, 3.05) is 82.2 Å². The van der Waals surface area contributed by atoms with E-state index in [1.807, 2.05) is 40.3 Å². The third-order valence-corrected chi connectivity index (χ3v) is 16.3. The van der Waals surface area contributed by atoms with Crippen molar-refractivity contribution in [3.05, 3.63) is 116 Å². The van der Waals surface area contributed by atoms with Crippen molar-refractivity contribution in [2.24, 2.45) is 5.73 Å². The molecule has 0 radical (unpaired) electrons. The van der Waals surface area contributed by atoms with E-state index in [-0.39, 0.29) is 36.2 Å². The number of carbonyl (C=O) groups excluding carboxylic acids is 1. The fraction of sp³-hybridized carbons (Fsp3) is 0.596. The Morgan fingerprint density at radius 3 is 1.55 bits per heavy atom. The first-order chi connectivity index (χ1) is 34.0. The van der Waals surface area contributed by atoms with Crippen LogP contribution >= 0.6 is 0 Å². The SMILES string of the molecule is C[Si](C)(C)CCOCn1cc(CCC=O)nc(N2CCOCC2)c1=O.C[Si](C)(C)CCOCn1cc(CCCN[C@@H]2C[C@H]2c2ccc(F)cc2)nc(N2CCOCC2)c1=O.N[C@@H]1C[C@H]1c1ccc(F)cc1. The first-order valence-electron chi connectivity index (χ1n) is 25.4. The summed E-state index contributed by atoms with van der Waals surface area (Å²) in [6, 6.07) is 16.3. The average Bonchev–Trinajstić information content (AvgIpc) is 4.29. The second-order valence-electron chi connectivity index (χ2n) is 21.4. The van der Waals surface area contributed by atoms with Crippen LogP contribution in [0, 0.1) is 11.6 Å². The number of nitrogens with one attached hydrogen (secondary N) is 1. The molecule has 0 spiro atoms. The standard InChI is InChI=1S/C26H39FN4O3Si.C17H29N3O4Si.C9H10FN/c1-35(2,3)16-15-34-19-31-18-22(29-25(26(31)32)30-11-13-33-14-12-30)5-4-10-28-24-17-23(24)20-6-8-21(27)9-7-20;1-25(2,3)12-11-24-14-20-13-15(5-4-8-21)18-16(17(20)22)19-6-9-23-10-7-19;10-7-3-1-6(2-4-7)8-5-9(8)11/h6-9,18,23-24,28H,4-5,10-17,19H2,1-3H3;8,13H,4-7,9-12,14H2,1-3H3;1-4,8-9H,5,11H2/t23-,24+;;8-,9+/m0.0/s1. The van der Waals surface area contributed by atoms with Crippen LogP contribution in [0.1, 0.15) is 60.0 Å². The van der Waals surface area contributed by atoms with Crippen molar-refractivity contribution in [1.82, 2.24) is 24.4 Å². The number of morpholine rings is 2. The lowest BCUT2D eigenvalue weighted by Gasteiger charge is -2.28. The Labute approximate surface area is 420 Å². The topological polar surface area (TPSA) is 168 Å². The maximum atomic E-state index is 13.2. The van der Waals surface area contributed by atoms with Gasteiger partial charge in [-0.1, -0.05) is 63.5 Å². The monoisotopic (exact) mass is 1020 g/mol. The number of anilines is 2. The molecule has 3 N–H and O–H groups in total. The molecule has 71 heavy (non-hydrogen) atoms. The number of nitrogens with zero attached hydrogens (tertiary/aromatic N) is 6. The predicted octanol–water partition coefficient (Wildman–Crippen LogP) is 6.77. The van der Waals surface area contributed by atoms with Crippen molar-refractivity contribution in [1.29, 1.82) is 0 Å². The zero-order chi connectivity index (χ0) is 51.0. The number of benzene rings is 2. The number of ether oxygens (including phenoxy) is 4. The fourth-order valence-corrected chi connectivity index (χ4v) is 9.72. The molecule has 2 saturated heterocycles. The van der Waals surface area contributed by atoms with Gasteiger partial charge in [0.2, 0.25) is 0 Å². The van der Waals surface area contributed by atoms with E-state index in [1.54, 1.807) is 15.3 Å². The number of aldehydes is 1. The molecule has 2 aromatic heterocycles. The molecular formula is C52H78F2N8O7Si2. The third-order valence-electron chi connectivity index (χ3n) is 12.8. The van der Waals surface area contributed by atoms with Crippen LogP contribution in [0.4, 0.5) is 20.4 Å². The van der Waals surface area contributed by atoms with Crippen LogP contribution in [0.5, 0.6) is 0 Å². The summed E-state index contributed by atoms with van der Waals surface area (Å²) in [5, 5.41) is 3.61. The lowest BCUT2D eigenvalue weighted by molar-refractivity contribution is -0.107. The van der Waals surface area contributed by atoms with E-state index in [1.165, 1.54) is 35.4 Å². The number of aromatic nitrogens is 4. The van der Waals surface area contributed by atoms with Gasteiger partial charge < -0.3 is 44.6 Å². The number of carbonyl (C=O) groups is 1. The first kappa shape index (κ1) is 55.8. The van der Waals surface area contributed by atoms with Gasteiger partial charge in [0.25, 0.3) is 11.1 Å². The van der Waals surface area contributed by atoms with Gasteiger partial charge in [-0.3, -0.25) is 18.7 Å². The Bertz CT molecular complexity index is 2390. The smallest absolute Gasteiger partial charge is 0.295 e. The molecule has 2 aliphatic carbocycles. The summed E-state index contributed by atoms with van der Waals surface area (Å²) in [6.07, 6.45) is 9.21. The quantitative estimate of drug-likeness (QED) is 0.0481. The molecule has 4 fully saturated rings. The lowest BCUT2D eigenvalue weighted by atomic mass is 10.1. The lowest BCUT2D eigenvalue weighted by Crippen LogP contribution is -2.41. The minimum atomic E-state index is -1.18. The van der Waals surface area contributed by atoms with E-state index in [0.717, 1.165) is 62.0 Å². The summed E-state index contributed by atoms with van der Waals surface area (Å²) < 4.78 is 51.3. The van der Waals surface area contributed by atoms with Crippen LogP contribution in [-0.4, -0.2) is 126 Å². The second kappa shape index (κ2) is 27.0. The molecule has 4 heterocycles. The van der Waals surface area contributed by atoms with Crippen molar-refractivity contribution in [3.63, 3.8) is 0 Å². The number of aryl methyl sites for hydroxylation is 2. The Balaban J connectivity index is 0.000000198. The molecule has 4 aliphatic rings. The van der Waals surface area contributed by atoms with Crippen LogP contribution in [-0.2, 0) is 50.0 Å². The Morgan fingerprint density at radius 2 is 1.13 bits per heavy atom. The summed E-state index contributed by atoms with van der Waals surface area (Å²) in [7, 11) is -2.34. The molecule has 2 aliphatic heterocycles. The molecule has 0 amide bonds. The van der Waals surface area contributed by atoms with E-state index in [4.69, 9.17) is 29.7 Å². The van der Waals surface area contributed by atoms with Crippen molar-refractivity contribution < 1.29 is 32.5 Å². The van der Waals surface area contributed by atoms with E-state index in [9.17, 15) is 23.2 Å². The highest BCUT2D eigenvalue weighted by Crippen LogP contribution is 2.41. The maximum Gasteiger partial charge on any atom is 0.295 e. The summed E-state index contributed by atoms with van der Waals surface area (Å²) in [4.78, 5) is 49.8. The number of halogens is 2. The molecule has 4 atom stereocenters. The van der Waals surface area contributed by atoms with Gasteiger partial charge in [-0.15, -0.1) is 0 Å². The van der Waals surface area contributed by atoms with E-state index >= 15 is 0 Å². The number of hydrogen-bond donors (Lipinski definition) is 2. The van der Waals surface area contributed by atoms with Crippen LogP contribution < -0.4 is 32.0 Å². The van der Waals surface area contributed by atoms with Gasteiger partial charge in [0.1, 0.15) is 31.4 Å². The minimum Gasteiger partial charge on any atom is -0.378 e. The van der Waals surface area contributed by atoms with Gasteiger partial charge in [0, 0.05) is 98.3 Å². The summed E-state index contributed by atoms with van der Waals surface area (Å²) >= 11 is 0. The van der Waals surface area contributed by atoms with E-state index in [2.05, 4.69) is 49.6 Å². The molecule has 4 aromatic rings. The number of rotatable bonds is 22. The number of hydrogen-bond acceptors (Lipinski definition) is 13. The van der Waals surface area contributed by atoms with Crippen LogP contribution in [0.15, 0.2) is 70.5 Å². The van der Waals surface area contributed by atoms with Gasteiger partial charge in [-0.2, -0.15) is 0 Å². The highest BCUT2D eigenvalue weighted by molar-refractivity contribution is 6.76. The summed E-state index contributed by atoms with van der Waals surface area (Å²) in [5.41, 5.74) is 9.41. The third kappa shape index (κ3) is 18.8.